The fraction of sp³-hybridized carbons (Fsp3) is 0.348. The number of piperidine rings is 1. The van der Waals surface area contributed by atoms with E-state index in [4.69, 9.17) is 4.98 Å². The second kappa shape index (κ2) is 8.19. The number of hydrogen-bond acceptors (Lipinski definition) is 5. The standard InChI is InChI=1S/C23H26N6OS/c1-3-16-7-4-5-9-18(16)24-23-25-20(22-29(23)13-14-31-22)17-8-6-11-28(15-17)21(30)19-10-12-27(2)26-19/h4-5,7,9-10,12-14,17H,3,6,8,11,15H2,1-2H3,(H,24,25). The maximum Gasteiger partial charge on any atom is 0.274 e. The third kappa shape index (κ3) is 3.72. The fourth-order valence-electron chi connectivity index (χ4n) is 4.35. The molecule has 8 heteroatoms. The number of carbonyl (C=O) groups excluding carboxylic acids is 1. The summed E-state index contributed by atoms with van der Waals surface area (Å²) in [6, 6.07) is 10.1. The molecule has 31 heavy (non-hydrogen) atoms. The van der Waals surface area contributed by atoms with E-state index in [1.54, 1.807) is 22.1 Å². The lowest BCUT2D eigenvalue weighted by atomic mass is 9.95. The van der Waals surface area contributed by atoms with Crippen molar-refractivity contribution in [3.05, 3.63) is 65.1 Å². The maximum atomic E-state index is 12.9. The molecule has 1 saturated heterocycles. The van der Waals surface area contributed by atoms with Gasteiger partial charge in [-0.3, -0.25) is 13.9 Å². The zero-order valence-corrected chi connectivity index (χ0v) is 18.6. The minimum absolute atomic E-state index is 0.00199. The van der Waals surface area contributed by atoms with E-state index in [-0.39, 0.29) is 11.8 Å². The Morgan fingerprint density at radius 1 is 1.26 bits per heavy atom. The van der Waals surface area contributed by atoms with Crippen LogP contribution < -0.4 is 5.32 Å². The van der Waals surface area contributed by atoms with Crippen molar-refractivity contribution in [3.8, 4) is 0 Å². The van der Waals surface area contributed by atoms with Crippen LogP contribution in [-0.2, 0) is 13.5 Å². The number of likely N-dealkylation sites (tertiary alicyclic amines) is 1. The van der Waals surface area contributed by atoms with Gasteiger partial charge in [0.1, 0.15) is 10.5 Å². The number of nitrogens with one attached hydrogen (secondary N) is 1. The summed E-state index contributed by atoms with van der Waals surface area (Å²) < 4.78 is 3.80. The third-order valence-electron chi connectivity index (χ3n) is 5.95. The van der Waals surface area contributed by atoms with Gasteiger partial charge in [0.2, 0.25) is 5.95 Å². The quantitative estimate of drug-likeness (QED) is 0.504. The van der Waals surface area contributed by atoms with Crippen molar-refractivity contribution in [2.24, 2.45) is 7.05 Å². The molecule has 160 valence electrons. The van der Waals surface area contributed by atoms with Gasteiger partial charge in [-0.25, -0.2) is 4.98 Å². The van der Waals surface area contributed by atoms with Crippen LogP contribution in [0.3, 0.4) is 0 Å². The second-order valence-corrected chi connectivity index (χ2v) is 8.89. The first-order valence-corrected chi connectivity index (χ1v) is 11.6. The molecule has 7 nitrogen and oxygen atoms in total. The van der Waals surface area contributed by atoms with Crippen LogP contribution in [0, 0.1) is 0 Å². The molecule has 1 unspecified atom stereocenters. The summed E-state index contributed by atoms with van der Waals surface area (Å²) in [4.78, 5) is 21.0. The fourth-order valence-corrected chi connectivity index (χ4v) is 5.25. The largest absolute Gasteiger partial charge is 0.337 e. The number of benzene rings is 1. The molecule has 1 aromatic carbocycles. The molecule has 1 aliphatic rings. The molecule has 3 aromatic heterocycles. The van der Waals surface area contributed by atoms with Crippen LogP contribution in [0.25, 0.3) is 4.83 Å². The first-order valence-electron chi connectivity index (χ1n) is 10.7. The maximum absolute atomic E-state index is 12.9. The van der Waals surface area contributed by atoms with Crippen molar-refractivity contribution in [2.45, 2.75) is 32.1 Å². The molecule has 4 aromatic rings. The summed E-state index contributed by atoms with van der Waals surface area (Å²) in [6.45, 7) is 3.60. The second-order valence-electron chi connectivity index (χ2n) is 8.00. The Morgan fingerprint density at radius 2 is 2.13 bits per heavy atom. The van der Waals surface area contributed by atoms with Gasteiger partial charge in [-0.2, -0.15) is 5.10 Å². The van der Waals surface area contributed by atoms with Crippen molar-refractivity contribution in [3.63, 3.8) is 0 Å². The Hall–Kier alpha value is -3.13. The number of anilines is 2. The Labute approximate surface area is 185 Å². The highest BCUT2D eigenvalue weighted by Gasteiger charge is 2.30. The van der Waals surface area contributed by atoms with E-state index >= 15 is 0 Å². The van der Waals surface area contributed by atoms with Crippen LogP contribution in [0.4, 0.5) is 11.6 Å². The van der Waals surface area contributed by atoms with E-state index in [1.165, 1.54) is 5.56 Å². The lowest BCUT2D eigenvalue weighted by molar-refractivity contribution is 0.0699. The Kier molecular flexibility index (Phi) is 5.23. The van der Waals surface area contributed by atoms with E-state index < -0.39 is 0 Å². The summed E-state index contributed by atoms with van der Waals surface area (Å²) in [5.41, 5.74) is 3.93. The molecule has 0 radical (unpaired) electrons. The van der Waals surface area contributed by atoms with Gasteiger partial charge in [-0.1, -0.05) is 25.1 Å². The van der Waals surface area contributed by atoms with Gasteiger partial charge in [0.05, 0.1) is 5.69 Å². The predicted molar refractivity (Wildman–Crippen MR) is 123 cm³/mol. The van der Waals surface area contributed by atoms with Crippen molar-refractivity contribution in [2.75, 3.05) is 18.4 Å². The minimum atomic E-state index is 0.00199. The van der Waals surface area contributed by atoms with Gasteiger partial charge in [-0.05, 0) is 37.0 Å². The van der Waals surface area contributed by atoms with Crippen molar-refractivity contribution < 1.29 is 4.79 Å². The number of carbonyl (C=O) groups is 1. The summed E-state index contributed by atoms with van der Waals surface area (Å²) in [7, 11) is 1.83. The van der Waals surface area contributed by atoms with Crippen LogP contribution in [0.1, 0.15) is 47.4 Å². The Balaban J connectivity index is 1.42. The average Bonchev–Trinajstić information content (AvgIpc) is 3.52. The third-order valence-corrected chi connectivity index (χ3v) is 6.84. The topological polar surface area (TPSA) is 67.5 Å². The molecule has 0 bridgehead atoms. The molecule has 0 saturated carbocycles. The zero-order chi connectivity index (χ0) is 21.4. The first-order chi connectivity index (χ1) is 15.1. The van der Waals surface area contributed by atoms with Crippen LogP contribution in [0.5, 0.6) is 0 Å². The van der Waals surface area contributed by atoms with Crippen molar-refractivity contribution in [1.82, 2.24) is 24.1 Å². The van der Waals surface area contributed by atoms with Gasteiger partial charge < -0.3 is 10.2 Å². The monoisotopic (exact) mass is 434 g/mol. The van der Waals surface area contributed by atoms with E-state index in [0.29, 0.717) is 12.2 Å². The Morgan fingerprint density at radius 3 is 2.94 bits per heavy atom. The number of amides is 1. The molecule has 1 amide bonds. The number of thiazole rings is 1. The van der Waals surface area contributed by atoms with E-state index in [1.807, 2.05) is 24.2 Å². The molecule has 1 atom stereocenters. The number of rotatable bonds is 5. The van der Waals surface area contributed by atoms with Crippen LogP contribution in [0.15, 0.2) is 48.1 Å². The van der Waals surface area contributed by atoms with Crippen molar-refractivity contribution >= 4 is 33.7 Å². The highest BCUT2D eigenvalue weighted by Crippen LogP contribution is 2.34. The summed E-state index contributed by atoms with van der Waals surface area (Å²) >= 11 is 1.70. The summed E-state index contributed by atoms with van der Waals surface area (Å²) in [5, 5.41) is 9.92. The lowest BCUT2D eigenvalue weighted by Gasteiger charge is -2.31. The van der Waals surface area contributed by atoms with Gasteiger partial charge in [-0.15, -0.1) is 11.3 Å². The SMILES string of the molecule is CCc1ccccc1Nc1nc(C2CCCN(C(=O)c3ccn(C)n3)C2)c2sccn12. The molecule has 1 fully saturated rings. The van der Waals surface area contributed by atoms with Crippen molar-refractivity contribution in [1.29, 1.82) is 0 Å². The highest BCUT2D eigenvalue weighted by atomic mass is 32.1. The van der Waals surface area contributed by atoms with Gasteiger partial charge in [0.15, 0.2) is 0 Å². The molecule has 0 spiro atoms. The molecular weight excluding hydrogens is 408 g/mol. The minimum Gasteiger partial charge on any atom is -0.337 e. The Bertz CT molecular complexity index is 1220. The van der Waals surface area contributed by atoms with Crippen LogP contribution >= 0.6 is 11.3 Å². The predicted octanol–water partition coefficient (Wildman–Crippen LogP) is 4.46. The lowest BCUT2D eigenvalue weighted by Crippen LogP contribution is -2.39. The number of aryl methyl sites for hydroxylation is 2. The summed E-state index contributed by atoms with van der Waals surface area (Å²) in [5.74, 6) is 1.05. The molecule has 0 aliphatic carbocycles. The summed E-state index contributed by atoms with van der Waals surface area (Å²) in [6.07, 6.45) is 6.83. The van der Waals surface area contributed by atoms with E-state index in [2.05, 4.69) is 51.5 Å². The average molecular weight is 435 g/mol. The van der Waals surface area contributed by atoms with E-state index in [9.17, 15) is 4.79 Å². The van der Waals surface area contributed by atoms with Crippen LogP contribution in [-0.4, -0.2) is 43.1 Å². The zero-order valence-electron chi connectivity index (χ0n) is 17.8. The molecule has 1 aliphatic heterocycles. The highest BCUT2D eigenvalue weighted by molar-refractivity contribution is 7.15. The van der Waals surface area contributed by atoms with E-state index in [0.717, 1.165) is 48.0 Å². The number of fused-ring (bicyclic) bond motifs is 1. The normalized spacial score (nSPS) is 16.7. The molecular formula is C23H26N6OS. The molecule has 4 heterocycles. The molecule has 5 rings (SSSR count). The number of aromatic nitrogens is 4. The number of hydrogen-bond donors (Lipinski definition) is 1. The number of nitrogens with zero attached hydrogens (tertiary/aromatic N) is 5. The first kappa shape index (κ1) is 19.8. The van der Waals surface area contributed by atoms with Gasteiger partial charge in [0.25, 0.3) is 5.91 Å². The number of para-hydroxylation sites is 1. The van der Waals surface area contributed by atoms with Gasteiger partial charge >= 0.3 is 0 Å². The molecule has 1 N–H and O–H groups in total. The van der Waals surface area contributed by atoms with Crippen LogP contribution in [0.2, 0.25) is 0 Å². The number of imidazole rings is 1. The smallest absolute Gasteiger partial charge is 0.274 e. The van der Waals surface area contributed by atoms with Gasteiger partial charge in [0, 0.05) is 49.5 Å².